The van der Waals surface area contributed by atoms with Gasteiger partial charge in [-0.15, -0.1) is 0 Å². The first-order valence-electron chi connectivity index (χ1n) is 6.45. The molecule has 0 spiro atoms. The number of nitrogens with one attached hydrogen (secondary N) is 2. The molecule has 0 atom stereocenters. The Bertz CT molecular complexity index is 745. The first-order chi connectivity index (χ1) is 9.92. The largest absolute Gasteiger partial charge is 0.381 e. The van der Waals surface area contributed by atoms with Gasteiger partial charge in [0.2, 0.25) is 10.0 Å². The summed E-state index contributed by atoms with van der Waals surface area (Å²) in [6, 6.07) is 11.1. The lowest BCUT2D eigenvalue weighted by molar-refractivity contribution is 0.588. The van der Waals surface area contributed by atoms with Crippen LogP contribution < -0.4 is 10.0 Å². The molecule has 0 saturated heterocycles. The van der Waals surface area contributed by atoms with Crippen LogP contribution >= 0.6 is 0 Å². The molecule has 2 aromatic carbocycles. The van der Waals surface area contributed by atoms with Gasteiger partial charge in [0.05, 0.1) is 4.90 Å². The van der Waals surface area contributed by atoms with Gasteiger partial charge in [-0.2, -0.15) is 0 Å². The van der Waals surface area contributed by atoms with Crippen LogP contribution in [0.3, 0.4) is 0 Å². The number of aryl methyl sites for hydroxylation is 1. The molecule has 0 saturated carbocycles. The molecule has 0 aromatic heterocycles. The molecule has 6 heteroatoms. The predicted molar refractivity (Wildman–Crippen MR) is 81.2 cm³/mol. The van der Waals surface area contributed by atoms with Crippen molar-refractivity contribution in [3.8, 4) is 0 Å². The van der Waals surface area contributed by atoms with Crippen molar-refractivity contribution in [2.45, 2.75) is 18.4 Å². The molecule has 0 radical (unpaired) electrons. The fourth-order valence-electron chi connectivity index (χ4n) is 1.92. The van der Waals surface area contributed by atoms with Crippen molar-refractivity contribution in [1.29, 1.82) is 0 Å². The van der Waals surface area contributed by atoms with Crippen LogP contribution in [0.1, 0.15) is 11.1 Å². The molecule has 0 unspecified atom stereocenters. The summed E-state index contributed by atoms with van der Waals surface area (Å²) in [7, 11) is -2.10. The normalized spacial score (nSPS) is 11.4. The third kappa shape index (κ3) is 3.80. The fourth-order valence-corrected chi connectivity index (χ4v) is 2.69. The number of halogens is 1. The van der Waals surface area contributed by atoms with Crippen molar-refractivity contribution in [2.75, 3.05) is 12.4 Å². The molecule has 0 amide bonds. The van der Waals surface area contributed by atoms with Gasteiger partial charge in [0.25, 0.3) is 0 Å². The first kappa shape index (κ1) is 15.5. The summed E-state index contributed by atoms with van der Waals surface area (Å²) >= 11 is 0. The van der Waals surface area contributed by atoms with Gasteiger partial charge in [-0.1, -0.05) is 12.1 Å². The second-order valence-electron chi connectivity index (χ2n) is 4.66. The molecular formula is C15H17FN2O2S. The molecule has 4 nitrogen and oxygen atoms in total. The van der Waals surface area contributed by atoms with Gasteiger partial charge in [-0.05, 0) is 55.4 Å². The number of hydrogen-bond acceptors (Lipinski definition) is 3. The third-order valence-electron chi connectivity index (χ3n) is 3.21. The molecule has 2 N–H and O–H groups in total. The second kappa shape index (κ2) is 6.24. The minimum absolute atomic E-state index is 0.186. The first-order valence-corrected chi connectivity index (χ1v) is 7.93. The molecule has 2 aromatic rings. The van der Waals surface area contributed by atoms with E-state index in [1.165, 1.54) is 25.2 Å². The number of hydrogen-bond donors (Lipinski definition) is 2. The smallest absolute Gasteiger partial charge is 0.240 e. The van der Waals surface area contributed by atoms with Gasteiger partial charge >= 0.3 is 0 Å². The van der Waals surface area contributed by atoms with E-state index in [4.69, 9.17) is 0 Å². The Hall–Kier alpha value is -1.92. The average molecular weight is 308 g/mol. The minimum atomic E-state index is -3.47. The van der Waals surface area contributed by atoms with E-state index in [-0.39, 0.29) is 10.7 Å². The van der Waals surface area contributed by atoms with Crippen LogP contribution in [0.2, 0.25) is 0 Å². The van der Waals surface area contributed by atoms with Crippen molar-refractivity contribution in [3.63, 3.8) is 0 Å². The average Bonchev–Trinajstić information content (AvgIpc) is 2.48. The zero-order valence-electron chi connectivity index (χ0n) is 11.9. The van der Waals surface area contributed by atoms with Crippen LogP contribution in [0.5, 0.6) is 0 Å². The van der Waals surface area contributed by atoms with E-state index in [1.807, 2.05) is 6.92 Å². The van der Waals surface area contributed by atoms with Crippen LogP contribution in [-0.4, -0.2) is 15.5 Å². The number of rotatable bonds is 5. The van der Waals surface area contributed by atoms with Gasteiger partial charge in [0, 0.05) is 12.2 Å². The highest BCUT2D eigenvalue weighted by Crippen LogP contribution is 2.17. The summed E-state index contributed by atoms with van der Waals surface area (Å²) in [6.07, 6.45) is 0. The number of anilines is 1. The van der Waals surface area contributed by atoms with E-state index in [9.17, 15) is 12.8 Å². The summed E-state index contributed by atoms with van der Waals surface area (Å²) in [5, 5.41) is 3.11. The summed E-state index contributed by atoms with van der Waals surface area (Å²) in [5.41, 5.74) is 2.47. The van der Waals surface area contributed by atoms with Crippen molar-refractivity contribution in [3.05, 3.63) is 59.4 Å². The maximum absolute atomic E-state index is 13.2. The molecule has 0 fully saturated rings. The maximum atomic E-state index is 13.2. The summed E-state index contributed by atoms with van der Waals surface area (Å²) in [5.74, 6) is -0.288. The van der Waals surface area contributed by atoms with Crippen molar-refractivity contribution in [2.24, 2.45) is 0 Å². The fraction of sp³-hybridized carbons (Fsp3) is 0.200. The quantitative estimate of drug-likeness (QED) is 0.893. The van der Waals surface area contributed by atoms with Crippen molar-refractivity contribution < 1.29 is 12.8 Å². The van der Waals surface area contributed by atoms with E-state index in [2.05, 4.69) is 10.0 Å². The van der Waals surface area contributed by atoms with E-state index < -0.39 is 10.0 Å². The predicted octanol–water partition coefficient (Wildman–Crippen LogP) is 2.65. The van der Waals surface area contributed by atoms with Gasteiger partial charge < -0.3 is 5.32 Å². The topological polar surface area (TPSA) is 58.2 Å². The van der Waals surface area contributed by atoms with E-state index in [1.54, 1.807) is 24.3 Å². The highest BCUT2D eigenvalue weighted by Gasteiger charge is 2.11. The lowest BCUT2D eigenvalue weighted by Gasteiger charge is -2.10. The van der Waals surface area contributed by atoms with Gasteiger partial charge in [0.15, 0.2) is 0 Å². The monoisotopic (exact) mass is 308 g/mol. The number of benzene rings is 2. The highest BCUT2D eigenvalue weighted by atomic mass is 32.2. The lowest BCUT2D eigenvalue weighted by atomic mass is 10.1. The zero-order valence-corrected chi connectivity index (χ0v) is 12.7. The van der Waals surface area contributed by atoms with Crippen LogP contribution in [0, 0.1) is 12.7 Å². The Morgan fingerprint density at radius 2 is 1.90 bits per heavy atom. The minimum Gasteiger partial charge on any atom is -0.381 e. The molecular weight excluding hydrogens is 291 g/mol. The molecule has 0 aliphatic carbocycles. The molecule has 0 bridgehead atoms. The second-order valence-corrected chi connectivity index (χ2v) is 6.55. The summed E-state index contributed by atoms with van der Waals surface area (Å²) in [6.45, 7) is 2.32. The van der Waals surface area contributed by atoms with Crippen molar-refractivity contribution >= 4 is 15.7 Å². The Labute approximate surface area is 124 Å². The SMILES string of the molecule is CNS(=O)(=O)c1cccc(NCc2cc(F)ccc2C)c1. The summed E-state index contributed by atoms with van der Waals surface area (Å²) in [4.78, 5) is 0.186. The molecule has 21 heavy (non-hydrogen) atoms. The van der Waals surface area contributed by atoms with E-state index in [0.717, 1.165) is 11.1 Å². The molecule has 0 aliphatic heterocycles. The molecule has 2 rings (SSSR count). The van der Waals surface area contributed by atoms with Crippen LogP contribution in [0.4, 0.5) is 10.1 Å². The van der Waals surface area contributed by atoms with Crippen LogP contribution in [0.25, 0.3) is 0 Å². The number of sulfonamides is 1. The molecule has 112 valence electrons. The molecule has 0 heterocycles. The Morgan fingerprint density at radius 1 is 1.14 bits per heavy atom. The van der Waals surface area contributed by atoms with E-state index in [0.29, 0.717) is 12.2 Å². The van der Waals surface area contributed by atoms with Gasteiger partial charge in [-0.25, -0.2) is 17.5 Å². The van der Waals surface area contributed by atoms with Gasteiger partial charge in [0.1, 0.15) is 5.82 Å². The highest BCUT2D eigenvalue weighted by molar-refractivity contribution is 7.89. The zero-order chi connectivity index (χ0) is 15.5. The van der Waals surface area contributed by atoms with Crippen LogP contribution in [-0.2, 0) is 16.6 Å². The Balaban J connectivity index is 2.18. The van der Waals surface area contributed by atoms with Crippen LogP contribution in [0.15, 0.2) is 47.4 Å². The molecule has 0 aliphatic rings. The lowest BCUT2D eigenvalue weighted by Crippen LogP contribution is -2.18. The summed E-state index contributed by atoms with van der Waals surface area (Å²) < 4.78 is 39.0. The Kier molecular flexibility index (Phi) is 4.59. The third-order valence-corrected chi connectivity index (χ3v) is 4.62. The standard InChI is InChI=1S/C15H17FN2O2S/c1-11-6-7-13(16)8-12(11)10-18-14-4-3-5-15(9-14)21(19,20)17-2/h3-9,17-18H,10H2,1-2H3. The Morgan fingerprint density at radius 3 is 2.62 bits per heavy atom. The van der Waals surface area contributed by atoms with Gasteiger partial charge in [-0.3, -0.25) is 0 Å². The maximum Gasteiger partial charge on any atom is 0.240 e. The van der Waals surface area contributed by atoms with E-state index >= 15 is 0 Å². The van der Waals surface area contributed by atoms with Crippen molar-refractivity contribution in [1.82, 2.24) is 4.72 Å².